The van der Waals surface area contributed by atoms with Gasteiger partial charge < -0.3 is 4.90 Å². The van der Waals surface area contributed by atoms with Crippen LogP contribution in [-0.4, -0.2) is 17.7 Å². The molecular formula is C20H21FN2OS. The number of benzene rings is 2. The fourth-order valence-electron chi connectivity index (χ4n) is 2.43. The number of amides is 1. The Morgan fingerprint density at radius 3 is 2.56 bits per heavy atom. The summed E-state index contributed by atoms with van der Waals surface area (Å²) in [5.74, 6) is 0.327. The Balaban J connectivity index is 2.08. The van der Waals surface area contributed by atoms with Crippen LogP contribution in [0.4, 0.5) is 10.1 Å². The smallest absolute Gasteiger partial charge is 0.239 e. The van der Waals surface area contributed by atoms with Gasteiger partial charge >= 0.3 is 0 Å². The largest absolute Gasteiger partial charge is 0.310 e. The summed E-state index contributed by atoms with van der Waals surface area (Å²) in [5, 5.41) is 8.60. The Labute approximate surface area is 152 Å². The van der Waals surface area contributed by atoms with Gasteiger partial charge in [-0.1, -0.05) is 24.3 Å². The van der Waals surface area contributed by atoms with E-state index in [4.69, 9.17) is 5.26 Å². The number of aryl methyl sites for hydroxylation is 1. The van der Waals surface area contributed by atoms with Crippen molar-refractivity contribution in [1.82, 2.24) is 0 Å². The van der Waals surface area contributed by atoms with Crippen molar-refractivity contribution < 1.29 is 9.18 Å². The zero-order valence-electron chi connectivity index (χ0n) is 14.4. The molecule has 0 bridgehead atoms. The number of thioether (sulfide) groups is 1. The maximum absolute atomic E-state index is 13.1. The number of hydrogen-bond acceptors (Lipinski definition) is 3. The highest BCUT2D eigenvalue weighted by molar-refractivity contribution is 7.99. The van der Waals surface area contributed by atoms with E-state index in [9.17, 15) is 9.18 Å². The van der Waals surface area contributed by atoms with Gasteiger partial charge in [-0.2, -0.15) is 5.26 Å². The maximum Gasteiger partial charge on any atom is 0.239 e. The van der Waals surface area contributed by atoms with Crippen molar-refractivity contribution in [3.8, 4) is 6.07 Å². The molecule has 2 aromatic carbocycles. The van der Waals surface area contributed by atoms with Crippen LogP contribution in [0.15, 0.2) is 48.5 Å². The molecule has 0 fully saturated rings. The molecule has 0 saturated carbocycles. The Morgan fingerprint density at radius 1 is 1.24 bits per heavy atom. The molecule has 0 spiro atoms. The van der Waals surface area contributed by atoms with Crippen molar-refractivity contribution in [2.75, 3.05) is 11.4 Å². The molecule has 0 radical (unpaired) electrons. The lowest BCUT2D eigenvalue weighted by Gasteiger charge is -2.25. The first-order valence-electron chi connectivity index (χ1n) is 8.13. The number of nitrogens with zero attached hydrogens (tertiary/aromatic N) is 2. The highest BCUT2D eigenvalue weighted by Crippen LogP contribution is 2.24. The van der Waals surface area contributed by atoms with Gasteiger partial charge in [0.2, 0.25) is 5.91 Å². The van der Waals surface area contributed by atoms with Gasteiger partial charge in [-0.25, -0.2) is 4.39 Å². The summed E-state index contributed by atoms with van der Waals surface area (Å²) in [6, 6.07) is 16.0. The molecule has 0 N–H and O–H groups in total. The van der Waals surface area contributed by atoms with Crippen molar-refractivity contribution in [2.24, 2.45) is 0 Å². The molecule has 0 aliphatic rings. The average Bonchev–Trinajstić information content (AvgIpc) is 2.62. The summed E-state index contributed by atoms with van der Waals surface area (Å²) in [6.45, 7) is 4.23. The predicted molar refractivity (Wildman–Crippen MR) is 101 cm³/mol. The molecule has 5 heteroatoms. The molecule has 0 heterocycles. The fourth-order valence-corrected chi connectivity index (χ4v) is 3.45. The molecule has 25 heavy (non-hydrogen) atoms. The zero-order chi connectivity index (χ0) is 18.2. The topological polar surface area (TPSA) is 44.1 Å². The molecular weight excluding hydrogens is 335 g/mol. The summed E-state index contributed by atoms with van der Waals surface area (Å²) in [4.78, 5) is 14.4. The monoisotopic (exact) mass is 356 g/mol. The minimum atomic E-state index is -0.349. The van der Waals surface area contributed by atoms with Gasteiger partial charge in [0.1, 0.15) is 5.82 Å². The number of carbonyl (C=O) groups excluding carboxylic acids is 1. The van der Waals surface area contributed by atoms with Gasteiger partial charge in [0.25, 0.3) is 0 Å². The summed E-state index contributed by atoms with van der Waals surface area (Å²) in [5.41, 5.74) is 3.03. The van der Waals surface area contributed by atoms with Gasteiger partial charge in [-0.15, -0.1) is 11.8 Å². The molecule has 0 saturated heterocycles. The normalized spacial score (nSPS) is 11.6. The number of anilines is 1. The fraction of sp³-hybridized carbons (Fsp3) is 0.300. The Kier molecular flexibility index (Phi) is 7.03. The molecule has 1 atom stereocenters. The first-order chi connectivity index (χ1) is 12.0. The number of halogens is 1. The summed E-state index contributed by atoms with van der Waals surface area (Å²) in [6.07, 6.45) is 0.234. The van der Waals surface area contributed by atoms with Gasteiger partial charge in [0.15, 0.2) is 0 Å². The molecule has 130 valence electrons. The van der Waals surface area contributed by atoms with Crippen molar-refractivity contribution in [3.05, 3.63) is 65.5 Å². The van der Waals surface area contributed by atoms with Crippen LogP contribution < -0.4 is 4.90 Å². The van der Waals surface area contributed by atoms with Crippen LogP contribution in [-0.2, 0) is 10.5 Å². The first-order valence-corrected chi connectivity index (χ1v) is 9.18. The van der Waals surface area contributed by atoms with E-state index in [1.54, 1.807) is 28.8 Å². The third kappa shape index (κ3) is 5.33. The standard InChI is InChI=1S/C20H21FN2OS/c1-15-6-3-4-7-17(15)14-25-16(2)20(24)23(13-5-12-22)19-10-8-18(21)9-11-19/h3-4,6-11,16H,5,13-14H2,1-2H3/t16-/m1/s1. The molecule has 0 unspecified atom stereocenters. The SMILES string of the molecule is Cc1ccccc1CS[C@H](C)C(=O)N(CCC#N)c1ccc(F)cc1. The third-order valence-corrected chi connectivity index (χ3v) is 5.13. The second kappa shape index (κ2) is 9.24. The van der Waals surface area contributed by atoms with E-state index in [1.165, 1.54) is 23.3 Å². The number of nitriles is 1. The number of rotatable bonds is 7. The van der Waals surface area contributed by atoms with Gasteiger partial charge in [-0.3, -0.25) is 4.79 Å². The molecule has 1 amide bonds. The number of hydrogen-bond donors (Lipinski definition) is 0. The lowest BCUT2D eigenvalue weighted by Crippen LogP contribution is -2.37. The molecule has 2 rings (SSSR count). The maximum atomic E-state index is 13.1. The van der Waals surface area contributed by atoms with E-state index < -0.39 is 0 Å². The van der Waals surface area contributed by atoms with Gasteiger partial charge in [0, 0.05) is 18.0 Å². The lowest BCUT2D eigenvalue weighted by atomic mass is 10.1. The molecule has 0 aliphatic carbocycles. The van der Waals surface area contributed by atoms with Crippen LogP contribution in [0.5, 0.6) is 0 Å². The van der Waals surface area contributed by atoms with Crippen molar-refractivity contribution >= 4 is 23.4 Å². The van der Waals surface area contributed by atoms with Crippen LogP contribution in [0.3, 0.4) is 0 Å². The third-order valence-electron chi connectivity index (χ3n) is 3.95. The minimum Gasteiger partial charge on any atom is -0.310 e. The summed E-state index contributed by atoms with van der Waals surface area (Å²) in [7, 11) is 0. The van der Waals surface area contributed by atoms with Crippen LogP contribution in [0.1, 0.15) is 24.5 Å². The summed E-state index contributed by atoms with van der Waals surface area (Å²) >= 11 is 1.56. The quantitative estimate of drug-likeness (QED) is 0.722. The lowest BCUT2D eigenvalue weighted by molar-refractivity contribution is -0.117. The molecule has 2 aromatic rings. The second-order valence-corrected chi connectivity index (χ2v) is 7.08. The molecule has 3 nitrogen and oxygen atoms in total. The molecule has 0 aliphatic heterocycles. The van der Waals surface area contributed by atoms with E-state index >= 15 is 0 Å². The van der Waals surface area contributed by atoms with E-state index in [0.717, 1.165) is 5.75 Å². The van der Waals surface area contributed by atoms with E-state index in [0.29, 0.717) is 12.2 Å². The molecule has 0 aromatic heterocycles. The van der Waals surface area contributed by atoms with Crippen molar-refractivity contribution in [1.29, 1.82) is 5.26 Å². The summed E-state index contributed by atoms with van der Waals surface area (Å²) < 4.78 is 13.1. The van der Waals surface area contributed by atoms with E-state index in [1.807, 2.05) is 19.1 Å². The van der Waals surface area contributed by atoms with Crippen LogP contribution in [0.2, 0.25) is 0 Å². The van der Waals surface area contributed by atoms with Crippen LogP contribution in [0, 0.1) is 24.1 Å². The van der Waals surface area contributed by atoms with Crippen molar-refractivity contribution in [3.63, 3.8) is 0 Å². The Morgan fingerprint density at radius 2 is 1.92 bits per heavy atom. The van der Waals surface area contributed by atoms with Gasteiger partial charge in [0.05, 0.1) is 17.7 Å². The van der Waals surface area contributed by atoms with Crippen molar-refractivity contribution in [2.45, 2.75) is 31.3 Å². The Bertz CT molecular complexity index is 755. The van der Waals surface area contributed by atoms with Gasteiger partial charge in [-0.05, 0) is 49.2 Å². The Hall–Kier alpha value is -2.32. The first kappa shape index (κ1) is 19.0. The second-order valence-electron chi connectivity index (χ2n) is 5.75. The zero-order valence-corrected chi connectivity index (χ0v) is 15.2. The van der Waals surface area contributed by atoms with E-state index in [-0.39, 0.29) is 23.4 Å². The highest BCUT2D eigenvalue weighted by atomic mass is 32.2. The average molecular weight is 356 g/mol. The predicted octanol–water partition coefficient (Wildman–Crippen LogP) is 4.70. The van der Waals surface area contributed by atoms with Crippen LogP contribution >= 0.6 is 11.8 Å². The minimum absolute atomic E-state index is 0.0690. The highest BCUT2D eigenvalue weighted by Gasteiger charge is 2.22. The number of carbonyl (C=O) groups is 1. The van der Waals surface area contributed by atoms with E-state index in [2.05, 4.69) is 25.1 Å². The van der Waals surface area contributed by atoms with Crippen LogP contribution in [0.25, 0.3) is 0 Å².